The second kappa shape index (κ2) is 24.4. The van der Waals surface area contributed by atoms with Crippen LogP contribution in [-0.4, -0.2) is 263 Å². The van der Waals surface area contributed by atoms with Crippen LogP contribution in [0, 0.1) is 50.2 Å². The number of aliphatic hydroxyl groups is 15. The molecule has 0 aromatic rings. The maximum Gasteiger partial charge on any atom is 0.315 e. The van der Waals surface area contributed by atoms with Gasteiger partial charge in [-0.2, -0.15) is 0 Å². The van der Waals surface area contributed by atoms with Crippen LogP contribution in [0.3, 0.4) is 0 Å². The summed E-state index contributed by atoms with van der Waals surface area (Å²) in [5.41, 5.74) is -1.26. The van der Waals surface area contributed by atoms with Crippen LogP contribution >= 0.6 is 0 Å². The summed E-state index contributed by atoms with van der Waals surface area (Å²) in [5, 5.41) is 161. The monoisotopic (exact) mass is 1220 g/mol. The second-order valence-electron chi connectivity index (χ2n) is 28.7. The topological polar surface area (TPSA) is 413 Å². The van der Waals surface area contributed by atoms with Crippen molar-refractivity contribution in [2.45, 2.75) is 273 Å². The Labute approximate surface area is 494 Å². The molecule has 488 valence electrons. The number of aliphatic hydroxyl groups excluding tert-OH is 15. The summed E-state index contributed by atoms with van der Waals surface area (Å²) in [7, 11) is 0. The molecule has 0 aromatic heterocycles. The van der Waals surface area contributed by atoms with E-state index in [-0.39, 0.29) is 46.0 Å². The average Bonchev–Trinajstić information content (AvgIpc) is 0.688. The minimum absolute atomic E-state index is 0.119. The van der Waals surface area contributed by atoms with Gasteiger partial charge in [0.15, 0.2) is 25.2 Å². The van der Waals surface area contributed by atoms with Crippen molar-refractivity contribution in [3.63, 3.8) is 0 Å². The number of carbonyl (C=O) groups excluding carboxylic acids is 1. The molecule has 10 rings (SSSR count). The molecule has 0 spiro atoms. The first-order valence-corrected chi connectivity index (χ1v) is 30.6. The number of rotatable bonds is 13. The summed E-state index contributed by atoms with van der Waals surface area (Å²) in [6.45, 7) is 15.1. The van der Waals surface area contributed by atoms with Crippen LogP contribution in [0.2, 0.25) is 0 Å². The SMILES string of the molecule is C[C@H]1O[C@H](O[C@H]2[C@H](O[C@H]3CC[C@@]4(C)[C@H](CC[C@@]5(C)[C@H]4CC=C4[C@@H]6CC(C)(C)CC[C@]6(C(=O)O[C@H]6O[C@@H](CO[C@@H]7O[C@@H](CO)[C@@H](O)[C@@H](O)[C@@H]7O)[C@H](O)[C@H](O)[C@@H]6O)CC[C@@]45C)C3(C)C)OC[C@H](O)[C@@H]2O)[C@H](O)[C@H](O[C@H]2O[C@@H](CO)[C@H](O)[C@H](O)[C@H]2O)[C@H]1O. The highest BCUT2D eigenvalue weighted by Crippen LogP contribution is 2.76. The van der Waals surface area contributed by atoms with Crippen LogP contribution in [0.25, 0.3) is 0 Å². The maximum absolute atomic E-state index is 15.1. The largest absolute Gasteiger partial charge is 0.432 e. The first-order valence-electron chi connectivity index (χ1n) is 30.6. The predicted octanol–water partition coefficient (Wildman–Crippen LogP) is -2.54. The molecule has 0 radical (unpaired) electrons. The van der Waals surface area contributed by atoms with Gasteiger partial charge in [-0.25, -0.2) is 0 Å². The lowest BCUT2D eigenvalue weighted by atomic mass is 9.33. The second-order valence-corrected chi connectivity index (χ2v) is 28.7. The molecule has 26 nitrogen and oxygen atoms in total. The van der Waals surface area contributed by atoms with Crippen LogP contribution in [0.15, 0.2) is 11.6 Å². The molecule has 0 bridgehead atoms. The first kappa shape index (κ1) is 66.2. The van der Waals surface area contributed by atoms with Gasteiger partial charge < -0.3 is 124 Å². The van der Waals surface area contributed by atoms with Gasteiger partial charge in [-0.1, -0.05) is 60.1 Å². The van der Waals surface area contributed by atoms with Gasteiger partial charge in [-0.3, -0.25) is 4.79 Å². The molecule has 32 atom stereocenters. The lowest BCUT2D eigenvalue weighted by molar-refractivity contribution is -0.382. The Balaban J connectivity index is 0.839. The Morgan fingerprint density at radius 3 is 1.76 bits per heavy atom. The van der Waals surface area contributed by atoms with E-state index < -0.39 is 190 Å². The Hall–Kier alpha value is -1.75. The van der Waals surface area contributed by atoms with E-state index in [9.17, 15) is 76.6 Å². The Kier molecular flexibility index (Phi) is 19.0. The zero-order valence-electron chi connectivity index (χ0n) is 49.8. The fourth-order valence-electron chi connectivity index (χ4n) is 17.5. The number of hydrogen-bond acceptors (Lipinski definition) is 26. The van der Waals surface area contributed by atoms with Gasteiger partial charge >= 0.3 is 5.97 Å². The van der Waals surface area contributed by atoms with Crippen LogP contribution in [-0.2, 0) is 52.2 Å². The number of ether oxygens (including phenoxy) is 10. The number of allylic oxidation sites excluding steroid dienone is 2. The van der Waals surface area contributed by atoms with Crippen LogP contribution in [0.4, 0.5) is 0 Å². The van der Waals surface area contributed by atoms with Crippen molar-refractivity contribution < 1.29 is 129 Å². The van der Waals surface area contributed by atoms with Gasteiger partial charge in [0.25, 0.3) is 0 Å². The minimum atomic E-state index is -1.85. The molecule has 0 amide bonds. The van der Waals surface area contributed by atoms with E-state index in [0.717, 1.165) is 25.7 Å². The van der Waals surface area contributed by atoms with E-state index in [1.165, 1.54) is 12.5 Å². The van der Waals surface area contributed by atoms with Gasteiger partial charge in [-0.15, -0.1) is 0 Å². The normalized spacial score (nSPS) is 54.1. The maximum atomic E-state index is 15.1. The van der Waals surface area contributed by atoms with Gasteiger partial charge in [0.05, 0.1) is 44.1 Å². The average molecular weight is 1220 g/mol. The van der Waals surface area contributed by atoms with Gasteiger partial charge in [0, 0.05) is 0 Å². The molecule has 26 heteroatoms. The molecule has 5 saturated heterocycles. The zero-order valence-corrected chi connectivity index (χ0v) is 49.8. The van der Waals surface area contributed by atoms with Crippen molar-refractivity contribution in [2.24, 2.45) is 50.2 Å². The fourth-order valence-corrected chi connectivity index (χ4v) is 17.5. The van der Waals surface area contributed by atoms with Crippen molar-refractivity contribution in [3.8, 4) is 0 Å². The number of hydrogen-bond donors (Lipinski definition) is 15. The third kappa shape index (κ3) is 11.2. The Morgan fingerprint density at radius 2 is 1.12 bits per heavy atom. The van der Waals surface area contributed by atoms with Gasteiger partial charge in [0.1, 0.15) is 110 Å². The summed E-state index contributed by atoms with van der Waals surface area (Å²) >= 11 is 0. The summed E-state index contributed by atoms with van der Waals surface area (Å²) < 4.78 is 59.7. The smallest absolute Gasteiger partial charge is 0.315 e. The van der Waals surface area contributed by atoms with E-state index in [4.69, 9.17) is 47.4 Å². The molecule has 0 aromatic carbocycles. The van der Waals surface area contributed by atoms with Crippen molar-refractivity contribution in [2.75, 3.05) is 26.4 Å². The molecular weight excluding hydrogens is 1120 g/mol. The highest BCUT2D eigenvalue weighted by atomic mass is 16.8. The lowest BCUT2D eigenvalue weighted by Gasteiger charge is -2.71. The van der Waals surface area contributed by atoms with Crippen LogP contribution in [0.5, 0.6) is 0 Å². The van der Waals surface area contributed by atoms with Crippen molar-refractivity contribution in [3.05, 3.63) is 11.6 Å². The molecule has 9 fully saturated rings. The fraction of sp³-hybridized carbons (Fsp3) is 0.949. The quantitative estimate of drug-likeness (QED) is 0.0513. The summed E-state index contributed by atoms with van der Waals surface area (Å²) in [6, 6.07) is 0. The molecule has 0 unspecified atom stereocenters. The number of fused-ring (bicyclic) bond motifs is 7. The predicted molar refractivity (Wildman–Crippen MR) is 288 cm³/mol. The highest BCUT2D eigenvalue weighted by molar-refractivity contribution is 5.79. The standard InChI is InChI=1S/C59H96O26/c1-24-34(63)46(83-49-43(72)40(69)37(66)29(21-61)80-49)45(74)51(78-24)84-47-35(64)27(62)22-76-52(47)82-33-12-13-56(6)31(55(33,4)5)11-14-58(8)32(56)10-9-25-26-19-54(2,3)15-17-59(26,18-16-57(25,58)7)53(75)85-50-44(73)41(70)38(67)30(81-50)23-77-48-42(71)39(68)36(65)28(20-60)79-48/h9,24,26-52,60-74H,10-23H2,1-8H3/t24-,26+,27+,28+,29+,30+,31-,32+,33+,34+,35+,36-,37+,38+,39-,40+,41+,42+,43-,44+,45-,46-,47-,48-,49-,50-,51-,52+,56+,57+,58+,59+/m1/s1. The molecular formula is C59H96O26. The van der Waals surface area contributed by atoms with Crippen LogP contribution in [0.1, 0.15) is 120 Å². The Morgan fingerprint density at radius 1 is 0.553 bits per heavy atom. The van der Waals surface area contributed by atoms with Gasteiger partial charge in [-0.05, 0) is 116 Å². The molecule has 4 saturated carbocycles. The van der Waals surface area contributed by atoms with Crippen molar-refractivity contribution in [1.29, 1.82) is 0 Å². The summed E-state index contributed by atoms with van der Waals surface area (Å²) in [4.78, 5) is 15.1. The van der Waals surface area contributed by atoms with Crippen molar-refractivity contribution in [1.82, 2.24) is 0 Å². The van der Waals surface area contributed by atoms with E-state index in [0.29, 0.717) is 38.5 Å². The van der Waals surface area contributed by atoms with E-state index in [1.54, 1.807) is 0 Å². The Bertz CT molecular complexity index is 2360. The molecule has 15 N–H and O–H groups in total. The minimum Gasteiger partial charge on any atom is -0.432 e. The first-order chi connectivity index (χ1) is 39.8. The van der Waals surface area contributed by atoms with Gasteiger partial charge in [0.2, 0.25) is 6.29 Å². The lowest BCUT2D eigenvalue weighted by Crippen LogP contribution is -2.66. The zero-order chi connectivity index (χ0) is 62.0. The molecule has 85 heavy (non-hydrogen) atoms. The third-order valence-electron chi connectivity index (χ3n) is 23.1. The molecule has 10 aliphatic rings. The molecule has 5 heterocycles. The highest BCUT2D eigenvalue weighted by Gasteiger charge is 2.70. The summed E-state index contributed by atoms with van der Waals surface area (Å²) in [5.74, 6) is -0.517. The van der Waals surface area contributed by atoms with E-state index in [2.05, 4.69) is 54.5 Å². The molecule has 5 aliphatic carbocycles. The van der Waals surface area contributed by atoms with E-state index >= 15 is 4.79 Å². The van der Waals surface area contributed by atoms with Crippen LogP contribution < -0.4 is 0 Å². The number of esters is 1. The molecule has 5 aliphatic heterocycles. The van der Waals surface area contributed by atoms with Crippen molar-refractivity contribution >= 4 is 5.97 Å². The number of carbonyl (C=O) groups is 1. The summed E-state index contributed by atoms with van der Waals surface area (Å²) in [6.07, 6.45) is -29.6. The van der Waals surface area contributed by atoms with E-state index in [1.807, 2.05) is 0 Å². The third-order valence-corrected chi connectivity index (χ3v) is 23.1.